The van der Waals surface area contributed by atoms with E-state index in [-0.39, 0.29) is 5.12 Å². The Balaban J connectivity index is 1.52. The highest BCUT2D eigenvalue weighted by Gasteiger charge is 2.46. The summed E-state index contributed by atoms with van der Waals surface area (Å²) in [5, 5.41) is 1.43. The third kappa shape index (κ3) is 3.70. The number of thioether (sulfide) groups is 1. The maximum Gasteiger partial charge on any atom is 0.309 e. The zero-order chi connectivity index (χ0) is 24.0. The number of rotatable bonds is 5. The van der Waals surface area contributed by atoms with E-state index in [1.54, 1.807) is 19.1 Å². The van der Waals surface area contributed by atoms with Crippen molar-refractivity contribution in [3.63, 3.8) is 0 Å². The van der Waals surface area contributed by atoms with E-state index in [0.717, 1.165) is 28.3 Å². The summed E-state index contributed by atoms with van der Waals surface area (Å²) in [4.78, 5) is 52.8. The summed E-state index contributed by atoms with van der Waals surface area (Å²) in [6.45, 7) is 3.17. The molecule has 0 saturated heterocycles. The quantitative estimate of drug-likeness (QED) is 0.399. The van der Waals surface area contributed by atoms with Crippen LogP contribution in [0.1, 0.15) is 51.7 Å². The average Bonchev–Trinajstić information content (AvgIpc) is 3.18. The van der Waals surface area contributed by atoms with Gasteiger partial charge >= 0.3 is 5.97 Å². The van der Waals surface area contributed by atoms with Crippen molar-refractivity contribution in [1.29, 1.82) is 0 Å². The molecule has 1 aliphatic heterocycles. The van der Waals surface area contributed by atoms with E-state index in [0.29, 0.717) is 28.7 Å². The molecule has 3 aromatic rings. The number of ether oxygens (including phenoxy) is 1. The molecule has 1 aliphatic carbocycles. The maximum absolute atomic E-state index is 13.7. The van der Waals surface area contributed by atoms with Gasteiger partial charge in [-0.05, 0) is 28.6 Å². The maximum atomic E-state index is 13.7. The molecule has 7 heteroatoms. The van der Waals surface area contributed by atoms with Crippen molar-refractivity contribution in [3.8, 4) is 0 Å². The summed E-state index contributed by atoms with van der Waals surface area (Å²) in [7, 11) is 0. The topological polar surface area (TPSA) is 80.8 Å². The first kappa shape index (κ1) is 22.3. The summed E-state index contributed by atoms with van der Waals surface area (Å²) < 4.78 is 5.90. The molecule has 0 fully saturated rings. The Labute approximate surface area is 201 Å². The number of esters is 1. The van der Waals surface area contributed by atoms with Crippen molar-refractivity contribution in [2.75, 3.05) is 5.75 Å². The van der Waals surface area contributed by atoms with Crippen molar-refractivity contribution in [1.82, 2.24) is 4.90 Å². The van der Waals surface area contributed by atoms with Gasteiger partial charge in [-0.2, -0.15) is 0 Å². The number of nitrogens with zero attached hydrogens (tertiary/aromatic N) is 1. The van der Waals surface area contributed by atoms with E-state index in [4.69, 9.17) is 4.74 Å². The third-order valence-corrected chi connectivity index (χ3v) is 7.51. The van der Waals surface area contributed by atoms with Crippen LogP contribution in [0.15, 0.2) is 60.7 Å². The van der Waals surface area contributed by atoms with E-state index in [2.05, 4.69) is 0 Å². The van der Waals surface area contributed by atoms with Gasteiger partial charge in [0, 0.05) is 35.6 Å². The number of carbonyl (C=O) groups excluding carboxylic acids is 4. The largest absolute Gasteiger partial charge is 0.459 e. The number of imide groups is 1. The van der Waals surface area contributed by atoms with Crippen molar-refractivity contribution in [2.45, 2.75) is 32.4 Å². The summed E-state index contributed by atoms with van der Waals surface area (Å²) in [5.41, 5.74) is 2.68. The molecular weight excluding hydrogens is 450 g/mol. The zero-order valence-corrected chi connectivity index (χ0v) is 19.6. The lowest BCUT2D eigenvalue weighted by Gasteiger charge is -2.35. The van der Waals surface area contributed by atoms with Gasteiger partial charge in [0.05, 0.1) is 5.92 Å². The smallest absolute Gasteiger partial charge is 0.309 e. The molecule has 3 atom stereocenters. The molecule has 1 heterocycles. The van der Waals surface area contributed by atoms with Gasteiger partial charge in [0.25, 0.3) is 11.8 Å². The van der Waals surface area contributed by atoms with Crippen LogP contribution in [0.3, 0.4) is 0 Å². The second-order valence-electron chi connectivity index (χ2n) is 8.72. The van der Waals surface area contributed by atoms with Crippen molar-refractivity contribution < 1.29 is 23.9 Å². The summed E-state index contributed by atoms with van der Waals surface area (Å²) in [6, 6.07) is 17.7. The van der Waals surface area contributed by atoms with E-state index < -0.39 is 35.8 Å². The fourth-order valence-corrected chi connectivity index (χ4v) is 5.45. The number of benzene rings is 3. The van der Waals surface area contributed by atoms with Crippen LogP contribution in [0, 0.1) is 5.92 Å². The Morgan fingerprint density at radius 1 is 1.00 bits per heavy atom. The molecule has 0 saturated carbocycles. The Morgan fingerprint density at radius 2 is 1.65 bits per heavy atom. The van der Waals surface area contributed by atoms with E-state index in [9.17, 15) is 19.2 Å². The molecule has 34 heavy (non-hydrogen) atoms. The van der Waals surface area contributed by atoms with Crippen LogP contribution >= 0.6 is 11.8 Å². The van der Waals surface area contributed by atoms with Crippen LogP contribution in [0.5, 0.6) is 0 Å². The van der Waals surface area contributed by atoms with Crippen LogP contribution in [-0.4, -0.2) is 39.7 Å². The average molecular weight is 474 g/mol. The first-order chi connectivity index (χ1) is 16.4. The summed E-state index contributed by atoms with van der Waals surface area (Å²) >= 11 is 1.07. The summed E-state index contributed by atoms with van der Waals surface area (Å²) in [6.07, 6.45) is -0.297. The Morgan fingerprint density at radius 3 is 2.29 bits per heavy atom. The predicted octanol–water partition coefficient (Wildman–Crippen LogP) is 4.56. The van der Waals surface area contributed by atoms with Gasteiger partial charge in [-0.1, -0.05) is 67.2 Å². The van der Waals surface area contributed by atoms with Crippen LogP contribution in [0.4, 0.5) is 0 Å². The molecule has 0 spiro atoms. The molecule has 0 radical (unpaired) electrons. The Bertz CT molecular complexity index is 1300. The normalized spacial score (nSPS) is 19.8. The molecule has 0 aromatic heterocycles. The molecular formula is C27H23NO5S. The van der Waals surface area contributed by atoms with E-state index in [1.807, 2.05) is 48.5 Å². The lowest BCUT2D eigenvalue weighted by Crippen LogP contribution is -2.46. The molecule has 0 unspecified atom stereocenters. The second kappa shape index (κ2) is 8.72. The van der Waals surface area contributed by atoms with Crippen LogP contribution in [0.25, 0.3) is 10.8 Å². The van der Waals surface area contributed by atoms with Crippen molar-refractivity contribution in [3.05, 3.63) is 82.9 Å². The van der Waals surface area contributed by atoms with Crippen LogP contribution in [0.2, 0.25) is 0 Å². The van der Waals surface area contributed by atoms with Gasteiger partial charge in [0.2, 0.25) is 0 Å². The van der Waals surface area contributed by atoms with Crippen molar-refractivity contribution in [2.24, 2.45) is 5.92 Å². The molecule has 0 bridgehead atoms. The van der Waals surface area contributed by atoms with Gasteiger partial charge < -0.3 is 4.74 Å². The van der Waals surface area contributed by atoms with Crippen LogP contribution < -0.4 is 0 Å². The Hall–Kier alpha value is -3.45. The number of carbonyl (C=O) groups is 4. The fourth-order valence-electron chi connectivity index (χ4n) is 4.83. The monoisotopic (exact) mass is 473 g/mol. The van der Waals surface area contributed by atoms with Gasteiger partial charge in [-0.15, -0.1) is 0 Å². The number of fused-ring (bicyclic) bond motifs is 1. The molecule has 6 nitrogen and oxygen atoms in total. The number of hydrogen-bond donors (Lipinski definition) is 0. The second-order valence-corrected chi connectivity index (χ2v) is 9.91. The number of hydrogen-bond acceptors (Lipinski definition) is 6. The molecule has 2 aliphatic rings. The van der Waals surface area contributed by atoms with Crippen molar-refractivity contribution >= 4 is 45.4 Å². The first-order valence-electron chi connectivity index (χ1n) is 11.2. The lowest BCUT2D eigenvalue weighted by atomic mass is 9.92. The van der Waals surface area contributed by atoms with Gasteiger partial charge in [0.1, 0.15) is 12.1 Å². The molecule has 2 amide bonds. The minimum atomic E-state index is -0.726. The third-order valence-electron chi connectivity index (χ3n) is 6.43. The van der Waals surface area contributed by atoms with E-state index >= 15 is 0 Å². The molecule has 5 rings (SSSR count). The SMILES string of the molecule is CC(=O)SC[C@@H](C)C(=O)O[C@H]1Cc2ccccc2[C@H]1N1C(=O)c2cccc3cccc(c23)C1=O. The standard InChI is InChI=1S/C27H23NO5S/c1-15(14-34-16(2)29)27(32)33-22-13-18-7-3-4-10-19(18)24(22)28-25(30)20-11-5-8-17-9-6-12-21(23(17)20)26(28)31/h3-12,15,22,24H,13-14H2,1-2H3/t15-,22+,24-/m1/s1. The molecule has 0 N–H and O–H groups in total. The highest BCUT2D eigenvalue weighted by atomic mass is 32.2. The number of amides is 2. The highest BCUT2D eigenvalue weighted by molar-refractivity contribution is 8.13. The lowest BCUT2D eigenvalue weighted by molar-refractivity contribution is -0.154. The van der Waals surface area contributed by atoms with E-state index in [1.165, 1.54) is 11.8 Å². The summed E-state index contributed by atoms with van der Waals surface area (Å²) in [5.74, 6) is -1.42. The first-order valence-corrected chi connectivity index (χ1v) is 12.2. The van der Waals surface area contributed by atoms with Crippen LogP contribution in [-0.2, 0) is 20.7 Å². The van der Waals surface area contributed by atoms with Gasteiger partial charge in [-0.25, -0.2) is 0 Å². The van der Waals surface area contributed by atoms with Gasteiger partial charge in [-0.3, -0.25) is 24.1 Å². The zero-order valence-electron chi connectivity index (χ0n) is 18.8. The highest BCUT2D eigenvalue weighted by Crippen LogP contribution is 2.42. The molecule has 3 aromatic carbocycles. The van der Waals surface area contributed by atoms with Gasteiger partial charge in [0.15, 0.2) is 5.12 Å². The minimum Gasteiger partial charge on any atom is -0.459 e. The minimum absolute atomic E-state index is 0.0665. The molecule has 172 valence electrons. The Kier molecular flexibility index (Phi) is 5.73. The predicted molar refractivity (Wildman–Crippen MR) is 130 cm³/mol. The fraction of sp³-hybridized carbons (Fsp3) is 0.259.